The van der Waals surface area contributed by atoms with Crippen molar-refractivity contribution in [2.45, 2.75) is 6.54 Å². The molecule has 0 bridgehead atoms. The van der Waals surface area contributed by atoms with E-state index in [-0.39, 0.29) is 0 Å². The fourth-order valence-corrected chi connectivity index (χ4v) is 2.47. The molecule has 1 aliphatic rings. The fraction of sp³-hybridized carbons (Fsp3) is 0.357. The average Bonchev–Trinajstić information content (AvgIpc) is 2.33. The Morgan fingerprint density at radius 1 is 1.24 bits per heavy atom. The van der Waals surface area contributed by atoms with E-state index in [4.69, 9.17) is 5.11 Å². The van der Waals surface area contributed by atoms with Crippen LogP contribution in [0.3, 0.4) is 0 Å². The number of aliphatic hydroxyl groups excluding tert-OH is 1. The summed E-state index contributed by atoms with van der Waals surface area (Å²) in [7, 11) is 0. The zero-order chi connectivity index (χ0) is 11.7. The van der Waals surface area contributed by atoms with E-state index in [1.807, 2.05) is 18.3 Å². The first-order valence-corrected chi connectivity index (χ1v) is 6.02. The molecule has 88 valence electrons. The molecule has 1 aliphatic heterocycles. The molecule has 0 atom stereocenters. The summed E-state index contributed by atoms with van der Waals surface area (Å²) in [4.78, 5) is 6.73. The minimum absolute atomic E-state index is 0.313. The number of rotatable bonds is 3. The van der Waals surface area contributed by atoms with E-state index in [0.29, 0.717) is 12.5 Å². The van der Waals surface area contributed by atoms with Gasteiger partial charge in [0.15, 0.2) is 0 Å². The molecule has 0 unspecified atom stereocenters. The molecular weight excluding hydrogens is 212 g/mol. The van der Waals surface area contributed by atoms with Gasteiger partial charge in [-0.3, -0.25) is 9.88 Å². The quantitative estimate of drug-likeness (QED) is 0.868. The van der Waals surface area contributed by atoms with Crippen molar-refractivity contribution in [3.63, 3.8) is 0 Å². The third kappa shape index (κ3) is 2.04. The van der Waals surface area contributed by atoms with Gasteiger partial charge in [0.1, 0.15) is 0 Å². The minimum atomic E-state index is 0.313. The van der Waals surface area contributed by atoms with Crippen LogP contribution < -0.4 is 0 Å². The van der Waals surface area contributed by atoms with Gasteiger partial charge in [0.05, 0.1) is 5.52 Å². The Morgan fingerprint density at radius 3 is 2.94 bits per heavy atom. The normalized spacial score (nSPS) is 17.2. The van der Waals surface area contributed by atoms with E-state index >= 15 is 0 Å². The number of aliphatic hydroxyl groups is 1. The third-order valence-corrected chi connectivity index (χ3v) is 3.42. The van der Waals surface area contributed by atoms with Gasteiger partial charge in [0.25, 0.3) is 0 Å². The molecule has 0 radical (unpaired) electrons. The maximum atomic E-state index is 9.00. The number of benzene rings is 1. The number of nitrogens with zero attached hydrogens (tertiary/aromatic N) is 2. The molecule has 3 heteroatoms. The first-order chi connectivity index (χ1) is 8.36. The summed E-state index contributed by atoms with van der Waals surface area (Å²) in [6.45, 7) is 3.29. The van der Waals surface area contributed by atoms with Crippen LogP contribution in [0.4, 0.5) is 0 Å². The molecule has 3 nitrogen and oxygen atoms in total. The van der Waals surface area contributed by atoms with Crippen molar-refractivity contribution < 1.29 is 5.11 Å². The molecule has 2 aromatic rings. The highest BCUT2D eigenvalue weighted by atomic mass is 16.3. The molecule has 1 fully saturated rings. The first-order valence-electron chi connectivity index (χ1n) is 6.02. The minimum Gasteiger partial charge on any atom is -0.396 e. The Morgan fingerprint density at radius 2 is 2.12 bits per heavy atom. The summed E-state index contributed by atoms with van der Waals surface area (Å²) in [5.41, 5.74) is 2.39. The Kier molecular flexibility index (Phi) is 2.79. The largest absolute Gasteiger partial charge is 0.396 e. The average molecular weight is 228 g/mol. The smallest absolute Gasteiger partial charge is 0.0705 e. The van der Waals surface area contributed by atoms with Crippen molar-refractivity contribution in [2.75, 3.05) is 19.7 Å². The van der Waals surface area contributed by atoms with Crippen LogP contribution in [0.1, 0.15) is 5.56 Å². The zero-order valence-corrected chi connectivity index (χ0v) is 9.71. The Balaban J connectivity index is 1.81. The summed E-state index contributed by atoms with van der Waals surface area (Å²) in [5, 5.41) is 10.2. The van der Waals surface area contributed by atoms with E-state index in [1.54, 1.807) is 0 Å². The topological polar surface area (TPSA) is 36.4 Å². The highest BCUT2D eigenvalue weighted by molar-refractivity contribution is 5.81. The van der Waals surface area contributed by atoms with Crippen LogP contribution in [0.25, 0.3) is 10.9 Å². The van der Waals surface area contributed by atoms with E-state index in [9.17, 15) is 0 Å². The van der Waals surface area contributed by atoms with Crippen molar-refractivity contribution in [3.8, 4) is 0 Å². The maximum absolute atomic E-state index is 9.00. The highest BCUT2D eigenvalue weighted by Crippen LogP contribution is 2.22. The lowest BCUT2D eigenvalue weighted by atomic mass is 9.99. The lowest BCUT2D eigenvalue weighted by Crippen LogP contribution is -2.47. The molecule has 2 heterocycles. The lowest BCUT2D eigenvalue weighted by molar-refractivity contribution is 0.0482. The van der Waals surface area contributed by atoms with E-state index in [1.165, 1.54) is 10.9 Å². The fourth-order valence-electron chi connectivity index (χ4n) is 2.47. The van der Waals surface area contributed by atoms with Crippen LogP contribution in [0.2, 0.25) is 0 Å². The molecular formula is C14H16N2O. The van der Waals surface area contributed by atoms with Crippen LogP contribution in [0, 0.1) is 5.92 Å². The van der Waals surface area contributed by atoms with Gasteiger partial charge in [-0.15, -0.1) is 0 Å². The second-order valence-corrected chi connectivity index (χ2v) is 4.73. The number of hydrogen-bond acceptors (Lipinski definition) is 3. The van der Waals surface area contributed by atoms with Gasteiger partial charge in [-0.1, -0.05) is 18.2 Å². The molecule has 1 aromatic heterocycles. The summed E-state index contributed by atoms with van der Waals surface area (Å²) in [6.07, 6.45) is 1.83. The lowest BCUT2D eigenvalue weighted by Gasteiger charge is -2.38. The van der Waals surface area contributed by atoms with Gasteiger partial charge in [0.2, 0.25) is 0 Å². The summed E-state index contributed by atoms with van der Waals surface area (Å²) >= 11 is 0. The number of aromatic nitrogens is 1. The molecule has 17 heavy (non-hydrogen) atoms. The number of fused-ring (bicyclic) bond motifs is 1. The van der Waals surface area contributed by atoms with Crippen molar-refractivity contribution >= 4 is 10.9 Å². The Bertz CT molecular complexity index is 515. The molecule has 0 saturated carbocycles. The van der Waals surface area contributed by atoms with Gasteiger partial charge in [0, 0.05) is 43.7 Å². The SMILES string of the molecule is OCC1CN(Cc2cccc3ncccc23)C1. The van der Waals surface area contributed by atoms with Gasteiger partial charge >= 0.3 is 0 Å². The summed E-state index contributed by atoms with van der Waals surface area (Å²) < 4.78 is 0. The maximum Gasteiger partial charge on any atom is 0.0705 e. The van der Waals surface area contributed by atoms with Gasteiger partial charge in [-0.05, 0) is 17.7 Å². The molecule has 1 aromatic carbocycles. The second-order valence-electron chi connectivity index (χ2n) is 4.73. The monoisotopic (exact) mass is 228 g/mol. The van der Waals surface area contributed by atoms with Crippen LogP contribution in [-0.2, 0) is 6.54 Å². The van der Waals surface area contributed by atoms with Crippen LogP contribution in [0.15, 0.2) is 36.5 Å². The molecule has 1 N–H and O–H groups in total. The third-order valence-electron chi connectivity index (χ3n) is 3.42. The van der Waals surface area contributed by atoms with E-state index in [2.05, 4.69) is 28.1 Å². The van der Waals surface area contributed by atoms with Crippen molar-refractivity contribution in [2.24, 2.45) is 5.92 Å². The Labute approximate surface area is 101 Å². The van der Waals surface area contributed by atoms with Crippen molar-refractivity contribution in [1.82, 2.24) is 9.88 Å². The molecule has 0 spiro atoms. The van der Waals surface area contributed by atoms with Crippen LogP contribution in [0.5, 0.6) is 0 Å². The number of likely N-dealkylation sites (tertiary alicyclic amines) is 1. The number of hydrogen-bond donors (Lipinski definition) is 1. The van der Waals surface area contributed by atoms with Gasteiger partial charge in [-0.2, -0.15) is 0 Å². The zero-order valence-electron chi connectivity index (χ0n) is 9.71. The molecule has 1 saturated heterocycles. The predicted molar refractivity (Wildman–Crippen MR) is 67.6 cm³/mol. The van der Waals surface area contributed by atoms with E-state index < -0.39 is 0 Å². The molecule has 0 aliphatic carbocycles. The van der Waals surface area contributed by atoms with Gasteiger partial charge < -0.3 is 5.11 Å². The van der Waals surface area contributed by atoms with Crippen molar-refractivity contribution in [3.05, 3.63) is 42.1 Å². The Hall–Kier alpha value is -1.45. The first kappa shape index (κ1) is 10.7. The predicted octanol–water partition coefficient (Wildman–Crippen LogP) is 1.66. The highest BCUT2D eigenvalue weighted by Gasteiger charge is 2.25. The van der Waals surface area contributed by atoms with Crippen molar-refractivity contribution in [1.29, 1.82) is 0 Å². The number of pyridine rings is 1. The summed E-state index contributed by atoms with van der Waals surface area (Å²) in [6, 6.07) is 10.4. The second kappa shape index (κ2) is 4.43. The molecule has 3 rings (SSSR count). The van der Waals surface area contributed by atoms with E-state index in [0.717, 1.165) is 25.2 Å². The molecule has 0 amide bonds. The standard InChI is InChI=1S/C14H16N2O/c17-10-11-7-16(8-11)9-12-3-1-5-14-13(12)4-2-6-15-14/h1-6,11,17H,7-10H2. The van der Waals surface area contributed by atoms with Gasteiger partial charge in [-0.25, -0.2) is 0 Å². The van der Waals surface area contributed by atoms with Crippen LogP contribution in [-0.4, -0.2) is 34.7 Å². The summed E-state index contributed by atoms with van der Waals surface area (Å²) in [5.74, 6) is 0.475. The van der Waals surface area contributed by atoms with Crippen LogP contribution >= 0.6 is 0 Å².